The molecule has 2 heterocycles. The van der Waals surface area contributed by atoms with E-state index >= 15 is 0 Å². The van der Waals surface area contributed by atoms with Crippen molar-refractivity contribution in [3.63, 3.8) is 0 Å². The van der Waals surface area contributed by atoms with E-state index in [1.165, 1.54) is 19.4 Å². The van der Waals surface area contributed by atoms with Gasteiger partial charge >= 0.3 is 0 Å². The first-order chi connectivity index (χ1) is 11.5. The lowest BCUT2D eigenvalue weighted by Crippen LogP contribution is -2.42. The number of benzene rings is 1. The van der Waals surface area contributed by atoms with Gasteiger partial charge < -0.3 is 20.7 Å². The molecule has 2 saturated heterocycles. The number of nitrogens with zero attached hydrogens (tertiary/aromatic N) is 1. The zero-order valence-electron chi connectivity index (χ0n) is 13.8. The Hall–Kier alpha value is -1.72. The number of piperidine rings is 1. The summed E-state index contributed by atoms with van der Waals surface area (Å²) in [6.45, 7) is 8.02. The van der Waals surface area contributed by atoms with Gasteiger partial charge in [0.15, 0.2) is 0 Å². The van der Waals surface area contributed by atoms with Crippen molar-refractivity contribution >= 4 is 23.2 Å². The minimum atomic E-state index is -0.172. The Morgan fingerprint density at radius 2 is 2.29 bits per heavy atom. The molecule has 1 aromatic carbocycles. The number of halogens is 1. The van der Waals surface area contributed by atoms with Gasteiger partial charge in [-0.25, -0.2) is 0 Å². The van der Waals surface area contributed by atoms with Gasteiger partial charge in [-0.3, -0.25) is 4.79 Å². The molecule has 24 heavy (non-hydrogen) atoms. The Labute approximate surface area is 147 Å². The number of carbonyl (C=O) groups excluding carboxylic acids is 1. The number of hydrogen-bond donors (Lipinski definition) is 2. The van der Waals surface area contributed by atoms with Crippen LogP contribution >= 0.6 is 11.6 Å². The van der Waals surface area contributed by atoms with Crippen LogP contribution < -0.4 is 15.8 Å². The second-order valence-corrected chi connectivity index (χ2v) is 7.19. The quantitative estimate of drug-likeness (QED) is 0.612. The highest BCUT2D eigenvalue weighted by Gasteiger charge is 2.40. The Morgan fingerprint density at radius 3 is 3.08 bits per heavy atom. The average molecular weight is 350 g/mol. The van der Waals surface area contributed by atoms with E-state index in [9.17, 15) is 4.79 Å². The molecule has 0 aliphatic carbocycles. The number of ether oxygens (including phenoxy) is 1. The summed E-state index contributed by atoms with van der Waals surface area (Å²) in [7, 11) is 0. The van der Waals surface area contributed by atoms with Gasteiger partial charge in [-0.15, -0.1) is 0 Å². The Balaban J connectivity index is 1.72. The molecule has 2 unspecified atom stereocenters. The van der Waals surface area contributed by atoms with E-state index in [1.807, 2.05) is 0 Å². The first-order valence-electron chi connectivity index (χ1n) is 8.36. The summed E-state index contributed by atoms with van der Waals surface area (Å²) in [5.41, 5.74) is 6.85. The third kappa shape index (κ3) is 3.52. The third-order valence-electron chi connectivity index (χ3n) is 5.02. The molecule has 3 rings (SSSR count). The summed E-state index contributed by atoms with van der Waals surface area (Å²) < 4.78 is 5.57. The van der Waals surface area contributed by atoms with Gasteiger partial charge in [-0.2, -0.15) is 0 Å². The number of anilines is 1. The highest BCUT2D eigenvalue weighted by Crippen LogP contribution is 2.38. The maximum absolute atomic E-state index is 12.7. The molecule has 2 bridgehead atoms. The first kappa shape index (κ1) is 17.1. The van der Waals surface area contributed by atoms with E-state index in [-0.39, 0.29) is 11.3 Å². The Morgan fingerprint density at radius 1 is 1.46 bits per heavy atom. The van der Waals surface area contributed by atoms with Crippen molar-refractivity contribution in [3.8, 4) is 5.75 Å². The smallest absolute Gasteiger partial charge is 0.255 e. The second kappa shape index (κ2) is 7.03. The van der Waals surface area contributed by atoms with Crippen molar-refractivity contribution in [1.29, 1.82) is 0 Å². The van der Waals surface area contributed by atoms with E-state index < -0.39 is 0 Å². The van der Waals surface area contributed by atoms with Gasteiger partial charge in [0.25, 0.3) is 5.91 Å². The van der Waals surface area contributed by atoms with E-state index in [0.29, 0.717) is 35.2 Å². The average Bonchev–Trinajstić information content (AvgIpc) is 2.88. The number of nitrogens with one attached hydrogen (secondary N) is 1. The summed E-state index contributed by atoms with van der Waals surface area (Å²) in [4.78, 5) is 15.2. The lowest BCUT2D eigenvalue weighted by molar-refractivity contribution is 0.0912. The highest BCUT2D eigenvalue weighted by atomic mass is 35.5. The molecule has 0 aromatic heterocycles. The maximum atomic E-state index is 12.7. The van der Waals surface area contributed by atoms with Crippen LogP contribution in [0.5, 0.6) is 5.75 Å². The minimum absolute atomic E-state index is 0.172. The van der Waals surface area contributed by atoms with Crippen molar-refractivity contribution in [1.82, 2.24) is 10.2 Å². The lowest BCUT2D eigenvalue weighted by atomic mass is 9.81. The van der Waals surface area contributed by atoms with E-state index in [1.54, 1.807) is 18.2 Å². The molecule has 6 heteroatoms. The summed E-state index contributed by atoms with van der Waals surface area (Å²) >= 11 is 6.09. The van der Waals surface area contributed by atoms with Crippen molar-refractivity contribution in [3.05, 3.63) is 35.4 Å². The molecule has 1 amide bonds. The number of fused-ring (bicyclic) bond motifs is 2. The van der Waals surface area contributed by atoms with Gasteiger partial charge in [0, 0.05) is 24.6 Å². The number of nitrogens with two attached hydrogens (primary N) is 1. The van der Waals surface area contributed by atoms with Gasteiger partial charge in [0.1, 0.15) is 12.4 Å². The van der Waals surface area contributed by atoms with E-state index in [0.717, 1.165) is 19.5 Å². The molecular formula is C18H24ClN3O2. The van der Waals surface area contributed by atoms with Crippen LogP contribution in [-0.2, 0) is 0 Å². The number of amides is 1. The molecule has 2 fully saturated rings. The van der Waals surface area contributed by atoms with Crippen LogP contribution in [0, 0.1) is 5.41 Å². The normalized spacial score (nSPS) is 25.3. The Kier molecular flexibility index (Phi) is 5.01. The lowest BCUT2D eigenvalue weighted by Gasteiger charge is -2.34. The van der Waals surface area contributed by atoms with Crippen LogP contribution in [0.1, 0.15) is 29.6 Å². The summed E-state index contributed by atoms with van der Waals surface area (Å²) in [6, 6.07) is 3.17. The molecule has 0 saturated carbocycles. The van der Waals surface area contributed by atoms with E-state index in [2.05, 4.69) is 16.8 Å². The summed E-state index contributed by atoms with van der Waals surface area (Å²) in [5.74, 6) is 0.262. The molecule has 0 radical (unpaired) electrons. The van der Waals surface area contributed by atoms with Gasteiger partial charge in [0.2, 0.25) is 0 Å². The number of carbonyl (C=O) groups is 1. The monoisotopic (exact) mass is 349 g/mol. The van der Waals surface area contributed by atoms with Gasteiger partial charge in [0.05, 0.1) is 16.3 Å². The van der Waals surface area contributed by atoms with Crippen molar-refractivity contribution < 1.29 is 9.53 Å². The molecule has 2 aliphatic heterocycles. The largest absolute Gasteiger partial charge is 0.489 e. The molecule has 130 valence electrons. The molecular weight excluding hydrogens is 326 g/mol. The van der Waals surface area contributed by atoms with Crippen LogP contribution in [0.3, 0.4) is 0 Å². The summed E-state index contributed by atoms with van der Waals surface area (Å²) in [5, 5.41) is 3.44. The van der Waals surface area contributed by atoms with Crippen LogP contribution in [0.2, 0.25) is 5.02 Å². The predicted octanol–water partition coefficient (Wildman–Crippen LogP) is 2.70. The maximum Gasteiger partial charge on any atom is 0.255 e. The SMILES string of the molecule is C=CCOc1cc(N)c(Cl)cc1C(=O)NCC12CCCN(CC1)C2. The second-order valence-electron chi connectivity index (χ2n) is 6.78. The molecule has 5 nitrogen and oxygen atoms in total. The molecule has 1 aromatic rings. The minimum Gasteiger partial charge on any atom is -0.489 e. The zero-order valence-corrected chi connectivity index (χ0v) is 14.6. The van der Waals surface area contributed by atoms with Crippen LogP contribution in [0.15, 0.2) is 24.8 Å². The fraction of sp³-hybridized carbons (Fsp3) is 0.500. The standard InChI is InChI=1S/C18H24ClN3O2/c1-2-8-24-16-10-15(20)14(19)9-13(16)17(23)21-11-18-4-3-6-22(12-18)7-5-18/h2,9-10H,1,3-8,11-12,20H2,(H,21,23). The molecule has 3 N–H and O–H groups in total. The highest BCUT2D eigenvalue weighted by molar-refractivity contribution is 6.33. The Bertz CT molecular complexity index is 645. The van der Waals surface area contributed by atoms with Crippen molar-refractivity contribution in [2.75, 3.05) is 38.5 Å². The van der Waals surface area contributed by atoms with Crippen molar-refractivity contribution in [2.45, 2.75) is 19.3 Å². The van der Waals surface area contributed by atoms with Crippen LogP contribution in [0.25, 0.3) is 0 Å². The molecule has 2 aliphatic rings. The molecule has 2 atom stereocenters. The van der Waals surface area contributed by atoms with Crippen LogP contribution in [-0.4, -0.2) is 43.6 Å². The fourth-order valence-corrected chi connectivity index (χ4v) is 3.87. The molecule has 0 spiro atoms. The number of nitrogen functional groups attached to an aromatic ring is 1. The van der Waals surface area contributed by atoms with E-state index in [4.69, 9.17) is 22.1 Å². The fourth-order valence-electron chi connectivity index (χ4n) is 3.71. The number of hydrogen-bond acceptors (Lipinski definition) is 4. The number of rotatable bonds is 6. The predicted molar refractivity (Wildman–Crippen MR) is 96.6 cm³/mol. The zero-order chi connectivity index (χ0) is 17.2. The van der Waals surface area contributed by atoms with Crippen LogP contribution in [0.4, 0.5) is 5.69 Å². The summed E-state index contributed by atoms with van der Waals surface area (Å²) in [6.07, 6.45) is 5.15. The van der Waals surface area contributed by atoms with Crippen molar-refractivity contribution in [2.24, 2.45) is 5.41 Å². The third-order valence-corrected chi connectivity index (χ3v) is 5.35. The van der Waals surface area contributed by atoms with Gasteiger partial charge in [-0.1, -0.05) is 24.3 Å². The first-order valence-corrected chi connectivity index (χ1v) is 8.74. The topological polar surface area (TPSA) is 67.6 Å². The van der Waals surface area contributed by atoms with Gasteiger partial charge in [-0.05, 0) is 38.4 Å².